The van der Waals surface area contributed by atoms with Crippen molar-refractivity contribution in [2.24, 2.45) is 0 Å². The summed E-state index contributed by atoms with van der Waals surface area (Å²) in [5, 5.41) is 9.36. The summed E-state index contributed by atoms with van der Waals surface area (Å²) in [6.45, 7) is 7.80. The minimum Gasteiger partial charge on any atom is -0.461 e. The Bertz CT molecular complexity index is 899. The highest BCUT2D eigenvalue weighted by Crippen LogP contribution is 2.28. The Balaban J connectivity index is 1.88. The lowest BCUT2D eigenvalue weighted by atomic mass is 10.2. The number of hydrogen-bond acceptors (Lipinski definition) is 5. The third kappa shape index (κ3) is 4.65. The molecule has 2 aromatic heterocycles. The molecule has 0 aliphatic heterocycles. The molecule has 2 heterocycles. The highest BCUT2D eigenvalue weighted by atomic mass is 32.2. The molecule has 0 bridgehead atoms. The molecule has 1 aromatic carbocycles. The quantitative estimate of drug-likeness (QED) is 0.494. The molecule has 3 rings (SSSR count). The molecular formula is C21H26N4O2S. The number of thioether (sulfide) groups is 1. The van der Waals surface area contributed by atoms with Crippen molar-refractivity contribution in [1.82, 2.24) is 19.7 Å². The molecule has 0 saturated heterocycles. The molecule has 0 fully saturated rings. The van der Waals surface area contributed by atoms with Crippen molar-refractivity contribution in [3.63, 3.8) is 0 Å². The summed E-state index contributed by atoms with van der Waals surface area (Å²) in [6, 6.07) is 11.8. The van der Waals surface area contributed by atoms with Crippen LogP contribution < -0.4 is 0 Å². The van der Waals surface area contributed by atoms with Gasteiger partial charge >= 0.3 is 0 Å². The maximum atomic E-state index is 12.7. The molecule has 148 valence electrons. The molecule has 6 nitrogen and oxygen atoms in total. The Morgan fingerprint density at radius 3 is 2.57 bits per heavy atom. The van der Waals surface area contributed by atoms with Crippen LogP contribution in [0.4, 0.5) is 0 Å². The molecule has 0 radical (unpaired) electrons. The van der Waals surface area contributed by atoms with Gasteiger partial charge in [0.2, 0.25) is 11.7 Å². The van der Waals surface area contributed by atoms with Crippen LogP contribution in [-0.4, -0.2) is 44.4 Å². The molecule has 28 heavy (non-hydrogen) atoms. The van der Waals surface area contributed by atoms with Crippen LogP contribution in [0.15, 0.2) is 52.2 Å². The predicted molar refractivity (Wildman–Crippen MR) is 112 cm³/mol. The predicted octanol–water partition coefficient (Wildman–Crippen LogP) is 4.58. The topological polar surface area (TPSA) is 64.2 Å². The maximum absolute atomic E-state index is 12.7. The monoisotopic (exact) mass is 398 g/mol. The van der Waals surface area contributed by atoms with E-state index >= 15 is 0 Å². The third-order valence-corrected chi connectivity index (χ3v) is 5.21. The molecule has 0 aliphatic carbocycles. The number of amides is 1. The lowest BCUT2D eigenvalue weighted by Crippen LogP contribution is -2.33. The number of carbonyl (C=O) groups excluding carboxylic acids is 1. The van der Waals surface area contributed by atoms with Crippen LogP contribution in [0.3, 0.4) is 0 Å². The van der Waals surface area contributed by atoms with Gasteiger partial charge in [0.1, 0.15) is 0 Å². The molecule has 1 amide bonds. The van der Waals surface area contributed by atoms with E-state index in [0.717, 1.165) is 37.2 Å². The lowest BCUT2D eigenvalue weighted by molar-refractivity contribution is -0.128. The van der Waals surface area contributed by atoms with Gasteiger partial charge in [-0.25, -0.2) is 0 Å². The first-order valence-corrected chi connectivity index (χ1v) is 10.6. The second-order valence-corrected chi connectivity index (χ2v) is 7.57. The van der Waals surface area contributed by atoms with Gasteiger partial charge in [-0.15, -0.1) is 10.2 Å². The van der Waals surface area contributed by atoms with Gasteiger partial charge < -0.3 is 9.32 Å². The zero-order valence-corrected chi connectivity index (χ0v) is 17.4. The Morgan fingerprint density at radius 2 is 1.93 bits per heavy atom. The molecule has 0 saturated carbocycles. The lowest BCUT2D eigenvalue weighted by Gasteiger charge is -2.21. The number of furan rings is 1. The van der Waals surface area contributed by atoms with E-state index in [1.165, 1.54) is 11.8 Å². The maximum Gasteiger partial charge on any atom is 0.233 e. The fraction of sp³-hybridized carbons (Fsp3) is 0.381. The largest absolute Gasteiger partial charge is 0.461 e. The van der Waals surface area contributed by atoms with Gasteiger partial charge in [-0.05, 0) is 49.6 Å². The smallest absolute Gasteiger partial charge is 0.233 e. The van der Waals surface area contributed by atoms with Gasteiger partial charge in [0.05, 0.1) is 17.7 Å². The normalized spacial score (nSPS) is 11.0. The number of benzene rings is 1. The van der Waals surface area contributed by atoms with Gasteiger partial charge in [-0.2, -0.15) is 0 Å². The molecule has 0 aliphatic rings. The molecular weight excluding hydrogens is 372 g/mol. The third-order valence-electron chi connectivity index (χ3n) is 4.30. The number of nitrogens with zero attached hydrogens (tertiary/aromatic N) is 4. The highest BCUT2D eigenvalue weighted by Gasteiger charge is 2.20. The van der Waals surface area contributed by atoms with Gasteiger partial charge in [0, 0.05) is 13.1 Å². The van der Waals surface area contributed by atoms with Crippen LogP contribution in [-0.2, 0) is 4.79 Å². The Hall–Kier alpha value is -2.54. The molecule has 7 heteroatoms. The standard InChI is InChI=1S/C21H26N4O2S/c1-4-11-24(12-5-2)19(26)15-28-21-23-22-20(18-10-7-13-27-18)25(21)17-9-6-8-16(3)14-17/h6-10,13-14H,4-5,11-12,15H2,1-3H3. The highest BCUT2D eigenvalue weighted by molar-refractivity contribution is 7.99. The summed E-state index contributed by atoms with van der Waals surface area (Å²) in [4.78, 5) is 14.6. The second kappa shape index (κ2) is 9.59. The van der Waals surface area contributed by atoms with E-state index in [0.29, 0.717) is 22.5 Å². The van der Waals surface area contributed by atoms with Crippen LogP contribution in [0.5, 0.6) is 0 Å². The SMILES string of the molecule is CCCN(CCC)C(=O)CSc1nnc(-c2ccco2)n1-c1cccc(C)c1. The van der Waals surface area contributed by atoms with Crippen molar-refractivity contribution in [2.75, 3.05) is 18.8 Å². The van der Waals surface area contributed by atoms with Crippen molar-refractivity contribution in [3.05, 3.63) is 48.2 Å². The minimum absolute atomic E-state index is 0.132. The second-order valence-electron chi connectivity index (χ2n) is 6.63. The number of hydrogen-bond donors (Lipinski definition) is 0. The minimum atomic E-state index is 0.132. The zero-order chi connectivity index (χ0) is 19.9. The summed E-state index contributed by atoms with van der Waals surface area (Å²) in [6.07, 6.45) is 3.53. The van der Waals surface area contributed by atoms with Gasteiger partial charge in [0.15, 0.2) is 10.9 Å². The van der Waals surface area contributed by atoms with Crippen molar-refractivity contribution < 1.29 is 9.21 Å². The average molecular weight is 399 g/mol. The molecule has 3 aromatic rings. The van der Waals surface area contributed by atoms with E-state index < -0.39 is 0 Å². The zero-order valence-electron chi connectivity index (χ0n) is 16.6. The number of rotatable bonds is 9. The summed E-state index contributed by atoms with van der Waals surface area (Å²) < 4.78 is 7.50. The average Bonchev–Trinajstić information content (AvgIpc) is 3.35. The fourth-order valence-electron chi connectivity index (χ4n) is 3.05. The molecule has 0 N–H and O–H groups in total. The first-order chi connectivity index (χ1) is 13.6. The van der Waals surface area contributed by atoms with Crippen molar-refractivity contribution in [2.45, 2.75) is 38.8 Å². The van der Waals surface area contributed by atoms with Crippen LogP contribution in [0.2, 0.25) is 0 Å². The summed E-state index contributed by atoms with van der Waals surface area (Å²) in [7, 11) is 0. The number of aromatic nitrogens is 3. The van der Waals surface area contributed by atoms with E-state index in [-0.39, 0.29) is 5.91 Å². The summed E-state index contributed by atoms with van der Waals surface area (Å²) in [5.41, 5.74) is 2.09. The van der Waals surface area contributed by atoms with Crippen molar-refractivity contribution in [3.8, 4) is 17.3 Å². The van der Waals surface area contributed by atoms with E-state index in [9.17, 15) is 4.79 Å². The summed E-state index contributed by atoms with van der Waals surface area (Å²) >= 11 is 1.41. The van der Waals surface area contributed by atoms with E-state index in [1.54, 1.807) is 6.26 Å². The van der Waals surface area contributed by atoms with Gasteiger partial charge in [0.25, 0.3) is 0 Å². The molecule has 0 unspecified atom stereocenters. The van der Waals surface area contributed by atoms with Crippen LogP contribution in [0, 0.1) is 6.92 Å². The van der Waals surface area contributed by atoms with Crippen LogP contribution >= 0.6 is 11.8 Å². The first kappa shape index (κ1) is 20.2. The van der Waals surface area contributed by atoms with Crippen molar-refractivity contribution >= 4 is 17.7 Å². The molecule has 0 spiro atoms. The fourth-order valence-corrected chi connectivity index (χ4v) is 3.90. The molecule has 0 atom stereocenters. The number of aryl methyl sites for hydroxylation is 1. The Labute approximate surface area is 169 Å². The summed E-state index contributed by atoms with van der Waals surface area (Å²) in [5.74, 6) is 1.74. The van der Waals surface area contributed by atoms with E-state index in [1.807, 2.05) is 46.7 Å². The number of carbonyl (C=O) groups is 1. The van der Waals surface area contributed by atoms with Gasteiger partial charge in [-0.3, -0.25) is 9.36 Å². The van der Waals surface area contributed by atoms with Crippen LogP contribution in [0.25, 0.3) is 17.3 Å². The van der Waals surface area contributed by atoms with Crippen LogP contribution in [0.1, 0.15) is 32.3 Å². The van der Waals surface area contributed by atoms with E-state index in [4.69, 9.17) is 4.42 Å². The van der Waals surface area contributed by atoms with Gasteiger partial charge in [-0.1, -0.05) is 37.7 Å². The Kier molecular flexibility index (Phi) is 6.92. The Morgan fingerprint density at radius 1 is 1.14 bits per heavy atom. The van der Waals surface area contributed by atoms with Crippen molar-refractivity contribution in [1.29, 1.82) is 0 Å². The van der Waals surface area contributed by atoms with E-state index in [2.05, 4.69) is 30.1 Å². The first-order valence-electron chi connectivity index (χ1n) is 9.61.